The van der Waals surface area contributed by atoms with Crippen LogP contribution < -0.4 is 23.8 Å². The van der Waals surface area contributed by atoms with Gasteiger partial charge in [0.05, 0.1) is 23.7 Å². The fourth-order valence-corrected chi connectivity index (χ4v) is 5.39. The van der Waals surface area contributed by atoms with Crippen molar-refractivity contribution in [3.05, 3.63) is 77.4 Å². The number of amides is 1. The summed E-state index contributed by atoms with van der Waals surface area (Å²) in [6, 6.07) is 16.8. The predicted octanol–water partition coefficient (Wildman–Crippen LogP) is 4.16. The molecule has 3 aromatic carbocycles. The quantitative estimate of drug-likeness (QED) is 0.489. The summed E-state index contributed by atoms with van der Waals surface area (Å²) in [7, 11) is -2.60. The minimum Gasteiger partial charge on any atom is -0.495 e. The number of benzene rings is 3. The number of aryl methyl sites for hydroxylation is 2. The van der Waals surface area contributed by atoms with Gasteiger partial charge in [-0.2, -0.15) is 0 Å². The lowest BCUT2D eigenvalue weighted by molar-refractivity contribution is -0.120. The van der Waals surface area contributed by atoms with E-state index >= 15 is 0 Å². The van der Waals surface area contributed by atoms with E-state index in [0.717, 1.165) is 21.0 Å². The molecule has 1 aliphatic rings. The Morgan fingerprint density at radius 2 is 1.64 bits per heavy atom. The SMILES string of the molecule is COc1ccc(C)cc1N(CC(=O)NC(C)c1ccc2c(c1)OCCO2)S(=O)(=O)c1ccc(C)cc1. The summed E-state index contributed by atoms with van der Waals surface area (Å²) in [5.74, 6) is 1.17. The number of carbonyl (C=O) groups is 1. The van der Waals surface area contributed by atoms with Crippen LogP contribution in [0.5, 0.6) is 17.2 Å². The Morgan fingerprint density at radius 1 is 0.972 bits per heavy atom. The van der Waals surface area contributed by atoms with Crippen LogP contribution in [0.25, 0.3) is 0 Å². The Hall–Kier alpha value is -3.72. The number of hydrogen-bond donors (Lipinski definition) is 1. The van der Waals surface area contributed by atoms with E-state index in [-0.39, 0.29) is 4.90 Å². The molecular formula is C27H30N2O6S. The highest BCUT2D eigenvalue weighted by Crippen LogP contribution is 2.34. The van der Waals surface area contributed by atoms with Gasteiger partial charge in [-0.1, -0.05) is 29.8 Å². The van der Waals surface area contributed by atoms with Crippen molar-refractivity contribution in [2.24, 2.45) is 0 Å². The van der Waals surface area contributed by atoms with E-state index in [9.17, 15) is 13.2 Å². The molecular weight excluding hydrogens is 480 g/mol. The molecule has 0 bridgehead atoms. The number of fused-ring (bicyclic) bond motifs is 1. The third kappa shape index (κ3) is 5.41. The molecule has 0 fully saturated rings. The summed E-state index contributed by atoms with van der Waals surface area (Å²) >= 11 is 0. The van der Waals surface area contributed by atoms with Crippen molar-refractivity contribution in [1.29, 1.82) is 0 Å². The van der Waals surface area contributed by atoms with Gasteiger partial charge in [-0.05, 0) is 68.3 Å². The van der Waals surface area contributed by atoms with Gasteiger partial charge in [0.15, 0.2) is 11.5 Å². The molecule has 1 N–H and O–H groups in total. The molecule has 0 spiro atoms. The number of ether oxygens (including phenoxy) is 3. The summed E-state index contributed by atoms with van der Waals surface area (Å²) in [5.41, 5.74) is 2.87. The molecule has 0 radical (unpaired) electrons. The molecule has 1 atom stereocenters. The number of nitrogens with zero attached hydrogens (tertiary/aromatic N) is 1. The average Bonchev–Trinajstić information content (AvgIpc) is 2.87. The first kappa shape index (κ1) is 25.4. The molecule has 36 heavy (non-hydrogen) atoms. The standard InChI is InChI=1S/C27H30N2O6S/c1-18-5-9-22(10-6-18)36(31,32)29(23-15-19(2)7-11-24(23)33-4)17-27(30)28-20(3)21-8-12-25-26(16-21)35-14-13-34-25/h5-12,15-16,20H,13-14,17H2,1-4H3,(H,28,30). The van der Waals surface area contributed by atoms with Crippen LogP contribution in [0.3, 0.4) is 0 Å². The highest BCUT2D eigenvalue weighted by atomic mass is 32.2. The van der Waals surface area contributed by atoms with Crippen molar-refractivity contribution in [2.45, 2.75) is 31.7 Å². The van der Waals surface area contributed by atoms with Gasteiger partial charge >= 0.3 is 0 Å². The molecule has 1 aliphatic heterocycles. The number of rotatable bonds is 8. The molecule has 9 heteroatoms. The Balaban J connectivity index is 1.63. The smallest absolute Gasteiger partial charge is 0.264 e. The van der Waals surface area contributed by atoms with Gasteiger partial charge in [0.25, 0.3) is 10.0 Å². The average molecular weight is 511 g/mol. The number of sulfonamides is 1. The molecule has 0 saturated carbocycles. The monoisotopic (exact) mass is 510 g/mol. The predicted molar refractivity (Wildman–Crippen MR) is 137 cm³/mol. The van der Waals surface area contributed by atoms with Crippen molar-refractivity contribution in [3.63, 3.8) is 0 Å². The summed E-state index contributed by atoms with van der Waals surface area (Å²) in [4.78, 5) is 13.3. The second kappa shape index (κ2) is 10.5. The number of hydrogen-bond acceptors (Lipinski definition) is 6. The molecule has 1 amide bonds. The molecule has 3 aromatic rings. The molecule has 0 aromatic heterocycles. The minimum absolute atomic E-state index is 0.0874. The first-order chi connectivity index (χ1) is 17.2. The normalized spacial score (nSPS) is 13.6. The lowest BCUT2D eigenvalue weighted by Gasteiger charge is -2.27. The van der Waals surface area contributed by atoms with E-state index in [4.69, 9.17) is 14.2 Å². The maximum absolute atomic E-state index is 13.7. The summed E-state index contributed by atoms with van der Waals surface area (Å²) in [5, 5.41) is 2.91. The van der Waals surface area contributed by atoms with Gasteiger partial charge in [-0.25, -0.2) is 8.42 Å². The number of anilines is 1. The molecule has 8 nitrogen and oxygen atoms in total. The third-order valence-electron chi connectivity index (χ3n) is 5.94. The van der Waals surface area contributed by atoms with E-state index < -0.39 is 28.5 Å². The van der Waals surface area contributed by atoms with Gasteiger partial charge in [-0.3, -0.25) is 9.10 Å². The zero-order chi connectivity index (χ0) is 25.9. The van der Waals surface area contributed by atoms with E-state index in [1.54, 1.807) is 30.3 Å². The van der Waals surface area contributed by atoms with Crippen LogP contribution in [0.1, 0.15) is 29.7 Å². The van der Waals surface area contributed by atoms with Crippen molar-refractivity contribution in [3.8, 4) is 17.2 Å². The molecule has 0 saturated heterocycles. The van der Waals surface area contributed by atoms with Crippen LogP contribution >= 0.6 is 0 Å². The van der Waals surface area contributed by atoms with E-state index in [0.29, 0.717) is 36.1 Å². The van der Waals surface area contributed by atoms with Crippen LogP contribution in [-0.2, 0) is 14.8 Å². The molecule has 190 valence electrons. The summed E-state index contributed by atoms with van der Waals surface area (Å²) in [6.07, 6.45) is 0. The Kier molecular flexibility index (Phi) is 7.40. The van der Waals surface area contributed by atoms with Crippen LogP contribution in [0.2, 0.25) is 0 Å². The van der Waals surface area contributed by atoms with Crippen molar-refractivity contribution in [2.75, 3.05) is 31.2 Å². The van der Waals surface area contributed by atoms with Crippen LogP contribution in [-0.4, -0.2) is 41.2 Å². The van der Waals surface area contributed by atoms with Crippen molar-refractivity contribution >= 4 is 21.6 Å². The third-order valence-corrected chi connectivity index (χ3v) is 7.72. The van der Waals surface area contributed by atoms with Crippen LogP contribution in [0, 0.1) is 13.8 Å². The Morgan fingerprint density at radius 3 is 2.33 bits per heavy atom. The van der Waals surface area contributed by atoms with Crippen LogP contribution in [0.15, 0.2) is 65.6 Å². The Bertz CT molecular complexity index is 1360. The van der Waals surface area contributed by atoms with Crippen molar-refractivity contribution in [1.82, 2.24) is 5.32 Å². The molecule has 4 rings (SSSR count). The first-order valence-corrected chi connectivity index (χ1v) is 13.1. The first-order valence-electron chi connectivity index (χ1n) is 11.6. The maximum Gasteiger partial charge on any atom is 0.264 e. The number of methoxy groups -OCH3 is 1. The summed E-state index contributed by atoms with van der Waals surface area (Å²) < 4.78 is 45.2. The van der Waals surface area contributed by atoms with E-state index in [2.05, 4.69) is 5.32 Å². The molecule has 1 heterocycles. The highest BCUT2D eigenvalue weighted by molar-refractivity contribution is 7.92. The van der Waals surface area contributed by atoms with Gasteiger partial charge in [0, 0.05) is 0 Å². The van der Waals surface area contributed by atoms with Crippen molar-refractivity contribution < 1.29 is 27.4 Å². The van der Waals surface area contributed by atoms with Crippen LogP contribution in [0.4, 0.5) is 5.69 Å². The Labute approximate surface area is 211 Å². The topological polar surface area (TPSA) is 94.2 Å². The van der Waals surface area contributed by atoms with Gasteiger partial charge in [-0.15, -0.1) is 0 Å². The fourth-order valence-electron chi connectivity index (χ4n) is 3.96. The van der Waals surface area contributed by atoms with E-state index in [1.807, 2.05) is 39.0 Å². The van der Waals surface area contributed by atoms with Gasteiger partial charge in [0.2, 0.25) is 5.91 Å². The van der Waals surface area contributed by atoms with Gasteiger partial charge < -0.3 is 19.5 Å². The maximum atomic E-state index is 13.7. The van der Waals surface area contributed by atoms with E-state index in [1.165, 1.54) is 19.2 Å². The minimum atomic E-state index is -4.07. The lowest BCUT2D eigenvalue weighted by atomic mass is 10.1. The number of carbonyl (C=O) groups excluding carboxylic acids is 1. The van der Waals surface area contributed by atoms with Gasteiger partial charge in [0.1, 0.15) is 25.5 Å². The fraction of sp³-hybridized carbons (Fsp3) is 0.296. The highest BCUT2D eigenvalue weighted by Gasteiger charge is 2.30. The molecule has 0 aliphatic carbocycles. The number of nitrogens with one attached hydrogen (secondary N) is 1. The molecule has 1 unspecified atom stereocenters. The lowest BCUT2D eigenvalue weighted by Crippen LogP contribution is -2.41. The summed E-state index contributed by atoms with van der Waals surface area (Å²) in [6.45, 7) is 6.09. The zero-order valence-corrected chi connectivity index (χ0v) is 21.6. The second-order valence-electron chi connectivity index (χ2n) is 8.69. The second-order valence-corrected chi connectivity index (χ2v) is 10.6. The largest absolute Gasteiger partial charge is 0.495 e. The zero-order valence-electron chi connectivity index (χ0n) is 20.8.